The summed E-state index contributed by atoms with van der Waals surface area (Å²) in [7, 11) is 0. The SMILES string of the molecule is CC(C(=O)O)N(C(=O)C(NC(=O)OCC1c2ccccc2-c2ccccc21)c1cccs1)C1CC1. The number of nitrogens with zero attached hydrogens (tertiary/aromatic N) is 1. The van der Waals surface area contributed by atoms with Gasteiger partial charge < -0.3 is 20.1 Å². The summed E-state index contributed by atoms with van der Waals surface area (Å²) in [5.74, 6) is -1.60. The highest BCUT2D eigenvalue weighted by Crippen LogP contribution is 2.44. The maximum absolute atomic E-state index is 13.5. The molecule has 1 heterocycles. The molecule has 5 rings (SSSR count). The molecule has 1 fully saturated rings. The number of nitrogens with one attached hydrogen (secondary N) is 1. The first-order valence-electron chi connectivity index (χ1n) is 11.7. The van der Waals surface area contributed by atoms with Gasteiger partial charge in [0.25, 0.3) is 5.91 Å². The van der Waals surface area contributed by atoms with E-state index in [0.29, 0.717) is 4.88 Å². The number of carbonyl (C=O) groups is 3. The zero-order chi connectivity index (χ0) is 24.5. The van der Waals surface area contributed by atoms with Gasteiger partial charge in [0, 0.05) is 16.8 Å². The van der Waals surface area contributed by atoms with Gasteiger partial charge in [-0.15, -0.1) is 11.3 Å². The first-order chi connectivity index (χ1) is 17.0. The van der Waals surface area contributed by atoms with Crippen LogP contribution in [0.5, 0.6) is 0 Å². The molecule has 1 saturated carbocycles. The van der Waals surface area contributed by atoms with Gasteiger partial charge in [-0.1, -0.05) is 54.6 Å². The maximum atomic E-state index is 13.5. The lowest BCUT2D eigenvalue weighted by Gasteiger charge is -2.30. The number of hydrogen-bond donors (Lipinski definition) is 2. The van der Waals surface area contributed by atoms with Crippen molar-refractivity contribution >= 4 is 29.3 Å². The topological polar surface area (TPSA) is 95.9 Å². The van der Waals surface area contributed by atoms with Gasteiger partial charge in [0.15, 0.2) is 0 Å². The Bertz CT molecular complexity index is 1210. The van der Waals surface area contributed by atoms with Gasteiger partial charge >= 0.3 is 12.1 Å². The molecule has 2 N–H and O–H groups in total. The number of fused-ring (bicyclic) bond motifs is 3. The largest absolute Gasteiger partial charge is 0.480 e. The molecule has 2 aliphatic carbocycles. The normalized spacial score (nSPS) is 16.0. The van der Waals surface area contributed by atoms with Crippen LogP contribution in [0.2, 0.25) is 0 Å². The molecule has 2 amide bonds. The number of carbonyl (C=O) groups excluding carboxylic acids is 2. The number of carboxylic acids is 1. The predicted octanol–water partition coefficient (Wildman–Crippen LogP) is 4.79. The number of hydrogen-bond acceptors (Lipinski definition) is 5. The summed E-state index contributed by atoms with van der Waals surface area (Å²) < 4.78 is 5.65. The van der Waals surface area contributed by atoms with Crippen LogP contribution in [-0.2, 0) is 14.3 Å². The second-order valence-electron chi connectivity index (χ2n) is 8.91. The number of rotatable bonds is 8. The van der Waals surface area contributed by atoms with Crippen LogP contribution >= 0.6 is 11.3 Å². The molecule has 7 nitrogen and oxygen atoms in total. The molecule has 0 spiro atoms. The van der Waals surface area contributed by atoms with Gasteiger partial charge in [0.2, 0.25) is 0 Å². The summed E-state index contributed by atoms with van der Waals surface area (Å²) in [5.41, 5.74) is 4.46. The van der Waals surface area contributed by atoms with E-state index in [9.17, 15) is 19.5 Å². The van der Waals surface area contributed by atoms with E-state index >= 15 is 0 Å². The second kappa shape index (κ2) is 9.54. The molecular formula is C27H26N2O5S. The lowest BCUT2D eigenvalue weighted by Crippen LogP contribution is -2.50. The lowest BCUT2D eigenvalue weighted by atomic mass is 9.98. The third-order valence-corrected chi connectivity index (χ3v) is 7.59. The molecule has 3 aromatic rings. The summed E-state index contributed by atoms with van der Waals surface area (Å²) in [6, 6.07) is 17.6. The Balaban J connectivity index is 1.33. The summed E-state index contributed by atoms with van der Waals surface area (Å²) in [6.07, 6.45) is 0.800. The van der Waals surface area contributed by atoms with Crippen molar-refractivity contribution in [2.24, 2.45) is 0 Å². The summed E-state index contributed by atoms with van der Waals surface area (Å²) in [5, 5.41) is 14.1. The molecule has 0 radical (unpaired) electrons. The Kier molecular flexibility index (Phi) is 6.30. The molecule has 2 aliphatic rings. The van der Waals surface area contributed by atoms with E-state index in [1.165, 1.54) is 23.2 Å². The van der Waals surface area contributed by atoms with Crippen LogP contribution in [0, 0.1) is 0 Å². The molecule has 8 heteroatoms. The average molecular weight is 491 g/mol. The zero-order valence-corrected chi connectivity index (χ0v) is 20.0. The number of amides is 2. The van der Waals surface area contributed by atoms with Crippen LogP contribution in [0.4, 0.5) is 4.79 Å². The van der Waals surface area contributed by atoms with E-state index in [-0.39, 0.29) is 18.6 Å². The highest BCUT2D eigenvalue weighted by Gasteiger charge is 2.42. The number of benzene rings is 2. The van der Waals surface area contributed by atoms with Gasteiger partial charge in [0.1, 0.15) is 18.7 Å². The number of carboxylic acid groups (broad SMARTS) is 1. The van der Waals surface area contributed by atoms with Gasteiger partial charge in [0.05, 0.1) is 0 Å². The third-order valence-electron chi connectivity index (χ3n) is 6.65. The summed E-state index contributed by atoms with van der Waals surface area (Å²) in [4.78, 5) is 40.1. The fraction of sp³-hybridized carbons (Fsp3) is 0.296. The van der Waals surface area contributed by atoms with Crippen LogP contribution < -0.4 is 5.32 Å². The van der Waals surface area contributed by atoms with E-state index in [0.717, 1.165) is 35.1 Å². The Morgan fingerprint density at radius 1 is 1.03 bits per heavy atom. The maximum Gasteiger partial charge on any atom is 0.408 e. The minimum absolute atomic E-state index is 0.0981. The number of alkyl carbamates (subject to hydrolysis) is 1. The van der Waals surface area contributed by atoms with Crippen molar-refractivity contribution < 1.29 is 24.2 Å². The number of thiophene rings is 1. The highest BCUT2D eigenvalue weighted by molar-refractivity contribution is 7.10. The van der Waals surface area contributed by atoms with Gasteiger partial charge in [-0.05, 0) is 53.5 Å². The third kappa shape index (κ3) is 4.53. The molecule has 35 heavy (non-hydrogen) atoms. The van der Waals surface area contributed by atoms with Gasteiger partial charge in [-0.2, -0.15) is 0 Å². The first kappa shape index (κ1) is 23.1. The lowest BCUT2D eigenvalue weighted by molar-refractivity contribution is -0.150. The predicted molar refractivity (Wildman–Crippen MR) is 132 cm³/mol. The second-order valence-corrected chi connectivity index (χ2v) is 9.89. The molecule has 2 atom stereocenters. The monoisotopic (exact) mass is 490 g/mol. The van der Waals surface area contributed by atoms with Crippen LogP contribution in [0.15, 0.2) is 66.0 Å². The molecule has 1 aromatic heterocycles. The van der Waals surface area contributed by atoms with Gasteiger partial charge in [-0.25, -0.2) is 9.59 Å². The Morgan fingerprint density at radius 3 is 2.20 bits per heavy atom. The van der Waals surface area contributed by atoms with E-state index in [1.54, 1.807) is 12.1 Å². The molecule has 0 saturated heterocycles. The fourth-order valence-electron chi connectivity index (χ4n) is 4.78. The fourth-order valence-corrected chi connectivity index (χ4v) is 5.54. The van der Waals surface area contributed by atoms with Crippen LogP contribution in [0.25, 0.3) is 11.1 Å². The van der Waals surface area contributed by atoms with Crippen molar-refractivity contribution in [2.75, 3.05) is 6.61 Å². The van der Waals surface area contributed by atoms with E-state index in [1.807, 2.05) is 41.8 Å². The number of ether oxygens (including phenoxy) is 1. The van der Waals surface area contributed by atoms with Crippen LogP contribution in [0.1, 0.15) is 47.7 Å². The zero-order valence-electron chi connectivity index (χ0n) is 19.2. The standard InChI is InChI=1S/C27H26N2O5S/c1-16(26(31)32)29(17-12-13-17)25(30)24(23-11-6-14-35-23)28-27(33)34-15-22-20-9-4-2-7-18(20)19-8-3-5-10-21(19)22/h2-11,14,16-17,22,24H,12-13,15H2,1H3,(H,28,33)(H,31,32). The van der Waals surface area contributed by atoms with Crippen molar-refractivity contribution in [1.82, 2.24) is 10.2 Å². The Labute approximate surface area is 207 Å². The van der Waals surface area contributed by atoms with Crippen LogP contribution in [-0.4, -0.2) is 46.7 Å². The van der Waals surface area contributed by atoms with Crippen molar-refractivity contribution in [3.05, 3.63) is 82.0 Å². The van der Waals surface area contributed by atoms with E-state index < -0.39 is 30.1 Å². The molecule has 0 bridgehead atoms. The highest BCUT2D eigenvalue weighted by atomic mass is 32.1. The summed E-state index contributed by atoms with van der Waals surface area (Å²) >= 11 is 1.33. The van der Waals surface area contributed by atoms with E-state index in [2.05, 4.69) is 17.4 Å². The van der Waals surface area contributed by atoms with E-state index in [4.69, 9.17) is 4.74 Å². The molecule has 0 aliphatic heterocycles. The minimum atomic E-state index is -1.07. The number of aliphatic carboxylic acids is 1. The van der Waals surface area contributed by atoms with Gasteiger partial charge in [-0.3, -0.25) is 4.79 Å². The Hall–Kier alpha value is -3.65. The molecule has 2 unspecified atom stereocenters. The van der Waals surface area contributed by atoms with Crippen LogP contribution in [0.3, 0.4) is 0 Å². The first-order valence-corrected chi connectivity index (χ1v) is 12.5. The van der Waals surface area contributed by atoms with Crippen molar-refractivity contribution in [1.29, 1.82) is 0 Å². The van der Waals surface area contributed by atoms with Crippen molar-refractivity contribution in [3.63, 3.8) is 0 Å². The molecule has 2 aromatic carbocycles. The summed E-state index contributed by atoms with van der Waals surface area (Å²) in [6.45, 7) is 1.63. The Morgan fingerprint density at radius 2 is 1.66 bits per heavy atom. The smallest absolute Gasteiger partial charge is 0.408 e. The quantitative estimate of drug-likeness (QED) is 0.473. The average Bonchev–Trinajstić information content (AvgIpc) is 3.43. The minimum Gasteiger partial charge on any atom is -0.480 e. The molecular weight excluding hydrogens is 464 g/mol. The van der Waals surface area contributed by atoms with Crippen molar-refractivity contribution in [3.8, 4) is 11.1 Å². The van der Waals surface area contributed by atoms with Crippen molar-refractivity contribution in [2.45, 2.75) is 43.8 Å². The molecule has 180 valence electrons.